The summed E-state index contributed by atoms with van der Waals surface area (Å²) in [7, 11) is 0. The lowest BCUT2D eigenvalue weighted by Gasteiger charge is -2.25. The van der Waals surface area contributed by atoms with Crippen LogP contribution in [0, 0.1) is 6.92 Å². The second-order valence-electron chi connectivity index (χ2n) is 5.63. The van der Waals surface area contributed by atoms with E-state index in [0.29, 0.717) is 4.88 Å². The van der Waals surface area contributed by atoms with Gasteiger partial charge in [0.2, 0.25) is 0 Å². The molecule has 6 heteroatoms. The Bertz CT molecular complexity index is 649. The van der Waals surface area contributed by atoms with Crippen LogP contribution in [-0.2, 0) is 0 Å². The molecule has 22 heavy (non-hydrogen) atoms. The van der Waals surface area contributed by atoms with E-state index < -0.39 is 0 Å². The second-order valence-corrected chi connectivity index (χ2v) is 6.63. The Balaban J connectivity index is 1.72. The summed E-state index contributed by atoms with van der Waals surface area (Å²) in [6, 6.07) is 5.81. The van der Waals surface area contributed by atoms with Gasteiger partial charge in [-0.1, -0.05) is 6.07 Å². The molecule has 0 radical (unpaired) electrons. The zero-order valence-corrected chi connectivity index (χ0v) is 13.3. The minimum atomic E-state index is -0.214. The van der Waals surface area contributed by atoms with Gasteiger partial charge in [0.05, 0.1) is 17.5 Å². The molecule has 2 aromatic rings. The van der Waals surface area contributed by atoms with Crippen molar-refractivity contribution < 1.29 is 9.90 Å². The van der Waals surface area contributed by atoms with Crippen LogP contribution in [0.4, 0.5) is 0 Å². The summed E-state index contributed by atoms with van der Waals surface area (Å²) in [4.78, 5) is 21.8. The number of aromatic nitrogens is 2. The predicted molar refractivity (Wildman–Crippen MR) is 85.8 cm³/mol. The van der Waals surface area contributed by atoms with Crippen LogP contribution in [0.1, 0.15) is 41.0 Å². The fraction of sp³-hybridized carbons (Fsp3) is 0.438. The molecule has 1 amide bonds. The number of amides is 1. The van der Waals surface area contributed by atoms with Crippen molar-refractivity contribution in [3.8, 4) is 10.7 Å². The fourth-order valence-electron chi connectivity index (χ4n) is 2.68. The molecule has 1 aliphatic carbocycles. The highest BCUT2D eigenvalue weighted by Crippen LogP contribution is 2.27. The van der Waals surface area contributed by atoms with Crippen LogP contribution in [0.2, 0.25) is 0 Å². The number of pyridine rings is 1. The fourth-order valence-corrected chi connectivity index (χ4v) is 3.62. The highest BCUT2D eigenvalue weighted by atomic mass is 32.1. The summed E-state index contributed by atoms with van der Waals surface area (Å²) in [5.74, 6) is -0.0708. The normalized spacial score (nSPS) is 21.5. The smallest absolute Gasteiger partial charge is 0.263 e. The van der Waals surface area contributed by atoms with E-state index in [-0.39, 0.29) is 18.1 Å². The molecular weight excluding hydrogens is 298 g/mol. The molecular formula is C16H19N3O2S. The molecule has 0 spiro atoms. The monoisotopic (exact) mass is 317 g/mol. The standard InChI is InChI=1S/C16H19N3O2S/c1-10-14(15(21)19-11-5-7-12(20)8-6-11)22-16(18-10)13-4-2-3-9-17-13/h2-4,9,11-12,20H,5-8H2,1H3,(H,19,21). The molecule has 5 nitrogen and oxygen atoms in total. The molecule has 1 aliphatic rings. The quantitative estimate of drug-likeness (QED) is 0.912. The molecule has 0 aromatic carbocycles. The van der Waals surface area contributed by atoms with E-state index in [1.165, 1.54) is 11.3 Å². The molecule has 0 unspecified atom stereocenters. The summed E-state index contributed by atoms with van der Waals surface area (Å²) in [5, 5.41) is 13.4. The molecule has 1 saturated carbocycles. The van der Waals surface area contributed by atoms with Gasteiger partial charge >= 0.3 is 0 Å². The topological polar surface area (TPSA) is 75.1 Å². The van der Waals surface area contributed by atoms with Gasteiger partial charge in [-0.05, 0) is 44.7 Å². The maximum absolute atomic E-state index is 12.4. The molecule has 0 bridgehead atoms. The Morgan fingerprint density at radius 2 is 2.09 bits per heavy atom. The summed E-state index contributed by atoms with van der Waals surface area (Å²) >= 11 is 1.37. The van der Waals surface area contributed by atoms with Crippen molar-refractivity contribution in [3.63, 3.8) is 0 Å². The van der Waals surface area contributed by atoms with E-state index in [1.807, 2.05) is 25.1 Å². The van der Waals surface area contributed by atoms with Gasteiger partial charge in [0.1, 0.15) is 9.88 Å². The van der Waals surface area contributed by atoms with E-state index in [2.05, 4.69) is 15.3 Å². The number of hydrogen-bond acceptors (Lipinski definition) is 5. The molecule has 2 heterocycles. The minimum absolute atomic E-state index is 0.0708. The average molecular weight is 317 g/mol. The molecule has 0 atom stereocenters. The summed E-state index contributed by atoms with van der Waals surface area (Å²) in [6.45, 7) is 1.85. The first-order valence-electron chi connectivity index (χ1n) is 7.51. The van der Waals surface area contributed by atoms with E-state index in [9.17, 15) is 9.90 Å². The Morgan fingerprint density at radius 3 is 2.77 bits per heavy atom. The van der Waals surface area contributed by atoms with Gasteiger partial charge in [-0.25, -0.2) is 4.98 Å². The van der Waals surface area contributed by atoms with E-state index >= 15 is 0 Å². The van der Waals surface area contributed by atoms with Crippen LogP contribution >= 0.6 is 11.3 Å². The minimum Gasteiger partial charge on any atom is -0.393 e. The second kappa shape index (κ2) is 6.54. The van der Waals surface area contributed by atoms with Crippen LogP contribution in [0.5, 0.6) is 0 Å². The largest absolute Gasteiger partial charge is 0.393 e. The predicted octanol–water partition coefficient (Wildman–Crippen LogP) is 2.55. The van der Waals surface area contributed by atoms with Gasteiger partial charge in [-0.3, -0.25) is 9.78 Å². The molecule has 0 saturated heterocycles. The number of aliphatic hydroxyl groups is 1. The van der Waals surface area contributed by atoms with Crippen LogP contribution in [0.25, 0.3) is 10.7 Å². The van der Waals surface area contributed by atoms with Crippen molar-refractivity contribution in [2.75, 3.05) is 0 Å². The molecule has 116 valence electrons. The van der Waals surface area contributed by atoms with Crippen LogP contribution in [0.3, 0.4) is 0 Å². The number of nitrogens with zero attached hydrogens (tertiary/aromatic N) is 2. The molecule has 0 aliphatic heterocycles. The zero-order valence-electron chi connectivity index (χ0n) is 12.5. The number of rotatable bonds is 3. The van der Waals surface area contributed by atoms with Crippen molar-refractivity contribution in [1.29, 1.82) is 0 Å². The van der Waals surface area contributed by atoms with Gasteiger partial charge < -0.3 is 10.4 Å². The van der Waals surface area contributed by atoms with Crippen molar-refractivity contribution in [1.82, 2.24) is 15.3 Å². The number of aliphatic hydroxyl groups excluding tert-OH is 1. The van der Waals surface area contributed by atoms with Gasteiger partial charge in [0.15, 0.2) is 0 Å². The SMILES string of the molecule is Cc1nc(-c2ccccn2)sc1C(=O)NC1CCC(O)CC1. The van der Waals surface area contributed by atoms with E-state index in [0.717, 1.165) is 42.1 Å². The van der Waals surface area contributed by atoms with Crippen LogP contribution in [-0.4, -0.2) is 33.1 Å². The Morgan fingerprint density at radius 1 is 1.32 bits per heavy atom. The number of hydrogen-bond donors (Lipinski definition) is 2. The zero-order chi connectivity index (χ0) is 15.5. The Labute approximate surface area is 133 Å². The van der Waals surface area contributed by atoms with Gasteiger partial charge in [0.25, 0.3) is 5.91 Å². The average Bonchev–Trinajstić information content (AvgIpc) is 2.92. The molecule has 1 fully saturated rings. The van der Waals surface area contributed by atoms with Crippen molar-refractivity contribution >= 4 is 17.2 Å². The summed E-state index contributed by atoms with van der Waals surface area (Å²) in [5.41, 5.74) is 1.52. The first-order valence-corrected chi connectivity index (χ1v) is 8.33. The van der Waals surface area contributed by atoms with Crippen LogP contribution in [0.15, 0.2) is 24.4 Å². The lowest BCUT2D eigenvalue weighted by atomic mass is 9.93. The Kier molecular flexibility index (Phi) is 4.49. The summed E-state index contributed by atoms with van der Waals surface area (Å²) in [6.07, 6.45) is 4.68. The third-order valence-electron chi connectivity index (χ3n) is 3.92. The van der Waals surface area contributed by atoms with Crippen molar-refractivity contribution in [2.45, 2.75) is 44.8 Å². The number of nitrogens with one attached hydrogen (secondary N) is 1. The van der Waals surface area contributed by atoms with Crippen molar-refractivity contribution in [2.24, 2.45) is 0 Å². The maximum atomic E-state index is 12.4. The number of carbonyl (C=O) groups is 1. The first-order chi connectivity index (χ1) is 10.6. The number of carbonyl (C=O) groups excluding carboxylic acids is 1. The van der Waals surface area contributed by atoms with Crippen LogP contribution < -0.4 is 5.32 Å². The first kappa shape index (κ1) is 15.1. The number of thiazole rings is 1. The van der Waals surface area contributed by atoms with Gasteiger partial charge in [0, 0.05) is 12.2 Å². The van der Waals surface area contributed by atoms with Gasteiger partial charge in [-0.2, -0.15) is 0 Å². The van der Waals surface area contributed by atoms with E-state index in [4.69, 9.17) is 0 Å². The molecule has 2 N–H and O–H groups in total. The molecule has 3 rings (SSSR count). The molecule has 2 aromatic heterocycles. The lowest BCUT2D eigenvalue weighted by Crippen LogP contribution is -2.38. The highest BCUT2D eigenvalue weighted by Gasteiger charge is 2.23. The third-order valence-corrected chi connectivity index (χ3v) is 5.10. The number of aryl methyl sites for hydroxylation is 1. The third kappa shape index (κ3) is 3.34. The van der Waals surface area contributed by atoms with Gasteiger partial charge in [-0.15, -0.1) is 11.3 Å². The van der Waals surface area contributed by atoms with Crippen molar-refractivity contribution in [3.05, 3.63) is 35.0 Å². The summed E-state index contributed by atoms with van der Waals surface area (Å²) < 4.78 is 0. The maximum Gasteiger partial charge on any atom is 0.263 e. The van der Waals surface area contributed by atoms with E-state index in [1.54, 1.807) is 6.20 Å². The Hall–Kier alpha value is -1.79. The lowest BCUT2D eigenvalue weighted by molar-refractivity contribution is 0.0870. The highest BCUT2D eigenvalue weighted by molar-refractivity contribution is 7.17.